The zero-order chi connectivity index (χ0) is 21.0. The summed E-state index contributed by atoms with van der Waals surface area (Å²) in [5.41, 5.74) is 5.27. The molecule has 0 aliphatic rings. The zero-order valence-corrected chi connectivity index (χ0v) is 17.7. The van der Waals surface area contributed by atoms with Crippen LogP contribution in [0.3, 0.4) is 0 Å². The van der Waals surface area contributed by atoms with Gasteiger partial charge >= 0.3 is 0 Å². The third kappa shape index (κ3) is 6.08. The van der Waals surface area contributed by atoms with Crippen LogP contribution in [-0.2, 0) is 19.4 Å². The van der Waals surface area contributed by atoms with Crippen LogP contribution in [0.25, 0.3) is 0 Å². The van der Waals surface area contributed by atoms with Crippen LogP contribution in [0.2, 0.25) is 0 Å². The van der Waals surface area contributed by atoms with Gasteiger partial charge in [-0.3, -0.25) is 0 Å². The van der Waals surface area contributed by atoms with Crippen molar-refractivity contribution >= 4 is 17.6 Å². The SMILES string of the molecule is C=CB(c1ccccc1)c1ccccc1.CCc1cncn1CCc1ccccc1. The maximum absolute atomic E-state index is 4.17. The highest BCUT2D eigenvalue weighted by Gasteiger charge is 2.13. The molecule has 30 heavy (non-hydrogen) atoms. The van der Waals surface area contributed by atoms with Crippen LogP contribution in [0.1, 0.15) is 18.2 Å². The second-order valence-electron chi connectivity index (χ2n) is 7.20. The number of hydrogen-bond donors (Lipinski definition) is 0. The monoisotopic (exact) mass is 392 g/mol. The minimum atomic E-state index is 0.299. The summed E-state index contributed by atoms with van der Waals surface area (Å²) in [6, 6.07) is 31.4. The number of imidazole rings is 1. The fourth-order valence-electron chi connectivity index (χ4n) is 3.52. The highest BCUT2D eigenvalue weighted by molar-refractivity contribution is 6.89. The van der Waals surface area contributed by atoms with Crippen LogP contribution in [0.15, 0.2) is 116 Å². The molecule has 0 unspecified atom stereocenters. The first kappa shape index (κ1) is 21.4. The second-order valence-corrected chi connectivity index (χ2v) is 7.20. The van der Waals surface area contributed by atoms with Gasteiger partial charge in [-0.15, -0.1) is 12.6 Å². The van der Waals surface area contributed by atoms with Gasteiger partial charge in [0.15, 0.2) is 0 Å². The Kier molecular flexibility index (Phi) is 8.28. The Morgan fingerprint density at radius 1 is 0.833 bits per heavy atom. The Balaban J connectivity index is 0.000000171. The third-order valence-corrected chi connectivity index (χ3v) is 5.20. The molecule has 0 amide bonds. The van der Waals surface area contributed by atoms with Gasteiger partial charge in [-0.2, -0.15) is 0 Å². The molecule has 0 saturated carbocycles. The molecular weight excluding hydrogens is 363 g/mol. The van der Waals surface area contributed by atoms with E-state index in [2.05, 4.69) is 102 Å². The van der Waals surface area contributed by atoms with Gasteiger partial charge in [-0.05, 0) is 18.4 Å². The van der Waals surface area contributed by atoms with Crippen molar-refractivity contribution in [2.24, 2.45) is 0 Å². The van der Waals surface area contributed by atoms with Crippen LogP contribution < -0.4 is 10.9 Å². The molecule has 2 nitrogen and oxygen atoms in total. The number of rotatable bonds is 7. The number of hydrogen-bond acceptors (Lipinski definition) is 1. The Labute approximate surface area is 181 Å². The van der Waals surface area contributed by atoms with Crippen LogP contribution in [0, 0.1) is 0 Å². The molecule has 0 atom stereocenters. The molecule has 0 bridgehead atoms. The molecule has 0 spiro atoms. The second kappa shape index (κ2) is 11.6. The summed E-state index contributed by atoms with van der Waals surface area (Å²) in [4.78, 5) is 4.17. The van der Waals surface area contributed by atoms with Gasteiger partial charge < -0.3 is 4.57 Å². The van der Waals surface area contributed by atoms with Crippen molar-refractivity contribution in [3.63, 3.8) is 0 Å². The Bertz CT molecular complexity index is 955. The van der Waals surface area contributed by atoms with E-state index in [4.69, 9.17) is 0 Å². The molecular formula is C27H29BN2. The lowest BCUT2D eigenvalue weighted by atomic mass is 9.41. The van der Waals surface area contributed by atoms with Crippen molar-refractivity contribution in [1.82, 2.24) is 9.55 Å². The van der Waals surface area contributed by atoms with Crippen LogP contribution in [0.5, 0.6) is 0 Å². The predicted molar refractivity (Wildman–Crippen MR) is 130 cm³/mol. The fraction of sp³-hybridized carbons (Fsp3) is 0.148. The van der Waals surface area contributed by atoms with E-state index in [1.165, 1.54) is 22.2 Å². The third-order valence-electron chi connectivity index (χ3n) is 5.20. The van der Waals surface area contributed by atoms with Crippen molar-refractivity contribution in [3.8, 4) is 0 Å². The van der Waals surface area contributed by atoms with Crippen LogP contribution in [0.4, 0.5) is 0 Å². The summed E-state index contributed by atoms with van der Waals surface area (Å²) >= 11 is 0. The largest absolute Gasteiger partial charge is 0.334 e. The van der Waals surface area contributed by atoms with E-state index in [0.29, 0.717) is 6.71 Å². The summed E-state index contributed by atoms with van der Waals surface area (Å²) in [6.07, 6.45) is 5.99. The average Bonchev–Trinajstić information content (AvgIpc) is 3.28. The first-order valence-electron chi connectivity index (χ1n) is 10.6. The summed E-state index contributed by atoms with van der Waals surface area (Å²) in [5.74, 6) is 1.99. The molecule has 0 N–H and O–H groups in total. The summed E-state index contributed by atoms with van der Waals surface area (Å²) in [5, 5.41) is 0. The van der Waals surface area contributed by atoms with Crippen molar-refractivity contribution in [3.05, 3.63) is 127 Å². The normalized spacial score (nSPS) is 10.0. The van der Waals surface area contributed by atoms with E-state index in [9.17, 15) is 0 Å². The topological polar surface area (TPSA) is 17.8 Å². The minimum Gasteiger partial charge on any atom is -0.334 e. The van der Waals surface area contributed by atoms with Crippen LogP contribution >= 0.6 is 0 Å². The number of aryl methyl sites for hydroxylation is 3. The van der Waals surface area contributed by atoms with Crippen molar-refractivity contribution < 1.29 is 0 Å². The van der Waals surface area contributed by atoms with Crippen molar-refractivity contribution in [2.45, 2.75) is 26.3 Å². The molecule has 0 aliphatic carbocycles. The first-order valence-corrected chi connectivity index (χ1v) is 10.6. The lowest BCUT2D eigenvalue weighted by Gasteiger charge is -2.09. The number of benzene rings is 3. The van der Waals surface area contributed by atoms with E-state index in [1.807, 2.05) is 30.6 Å². The highest BCUT2D eigenvalue weighted by Crippen LogP contribution is 2.05. The van der Waals surface area contributed by atoms with E-state index in [0.717, 1.165) is 19.4 Å². The quantitative estimate of drug-likeness (QED) is 0.417. The smallest absolute Gasteiger partial charge is 0.233 e. The molecule has 150 valence electrons. The van der Waals surface area contributed by atoms with E-state index in [-0.39, 0.29) is 0 Å². The lowest BCUT2D eigenvalue weighted by molar-refractivity contribution is 0.664. The van der Waals surface area contributed by atoms with Gasteiger partial charge in [0.1, 0.15) is 0 Å². The fourth-order valence-corrected chi connectivity index (χ4v) is 3.52. The van der Waals surface area contributed by atoms with E-state index >= 15 is 0 Å². The Morgan fingerprint density at radius 2 is 1.37 bits per heavy atom. The molecule has 0 fully saturated rings. The van der Waals surface area contributed by atoms with Gasteiger partial charge in [0.05, 0.1) is 6.33 Å². The first-order chi connectivity index (χ1) is 14.8. The summed E-state index contributed by atoms with van der Waals surface area (Å²) < 4.78 is 2.23. The molecule has 4 rings (SSSR count). The molecule has 3 aromatic carbocycles. The molecule has 4 aromatic rings. The van der Waals surface area contributed by atoms with Gasteiger partial charge in [-0.1, -0.05) is 109 Å². The summed E-state index contributed by atoms with van der Waals surface area (Å²) in [6.45, 7) is 7.40. The maximum atomic E-state index is 4.17. The van der Waals surface area contributed by atoms with Gasteiger partial charge in [0.2, 0.25) is 6.71 Å². The standard InChI is InChI=1S/C14H13B.C13H16N2/c1-2-15(13-9-5-3-6-10-13)14-11-7-4-8-12-14;1-2-13-10-14-11-15(13)9-8-12-6-4-3-5-7-12/h2-12H,1H2;3-7,10-11H,2,8-9H2,1H3. The molecule has 1 heterocycles. The van der Waals surface area contributed by atoms with Gasteiger partial charge in [0.25, 0.3) is 0 Å². The molecule has 0 aliphatic heterocycles. The Morgan fingerprint density at radius 3 is 1.87 bits per heavy atom. The van der Waals surface area contributed by atoms with Crippen molar-refractivity contribution in [1.29, 1.82) is 0 Å². The molecule has 0 radical (unpaired) electrons. The van der Waals surface area contributed by atoms with E-state index < -0.39 is 0 Å². The highest BCUT2D eigenvalue weighted by atomic mass is 15.0. The van der Waals surface area contributed by atoms with Gasteiger partial charge in [-0.25, -0.2) is 4.98 Å². The summed E-state index contributed by atoms with van der Waals surface area (Å²) in [7, 11) is 0. The predicted octanol–water partition coefficient (Wildman–Crippen LogP) is 4.71. The number of aromatic nitrogens is 2. The lowest BCUT2D eigenvalue weighted by Crippen LogP contribution is -2.40. The maximum Gasteiger partial charge on any atom is 0.233 e. The minimum absolute atomic E-state index is 0.299. The number of nitrogens with zero attached hydrogens (tertiary/aromatic N) is 2. The zero-order valence-electron chi connectivity index (χ0n) is 17.7. The van der Waals surface area contributed by atoms with E-state index in [1.54, 1.807) is 0 Å². The molecule has 3 heteroatoms. The average molecular weight is 392 g/mol. The van der Waals surface area contributed by atoms with Crippen LogP contribution in [-0.4, -0.2) is 16.3 Å². The Hall–Kier alpha value is -3.33. The van der Waals surface area contributed by atoms with Gasteiger partial charge in [0, 0.05) is 18.4 Å². The van der Waals surface area contributed by atoms with Crippen molar-refractivity contribution in [2.75, 3.05) is 0 Å². The molecule has 1 aromatic heterocycles. The molecule has 0 saturated heterocycles.